The molecule has 4 N–H and O–H groups in total. The van der Waals surface area contributed by atoms with Gasteiger partial charge in [0.2, 0.25) is 0 Å². The maximum absolute atomic E-state index is 11.5. The average molecular weight is 299 g/mol. The Labute approximate surface area is 117 Å². The van der Waals surface area contributed by atoms with Crippen molar-refractivity contribution in [3.8, 4) is 5.75 Å². The molecule has 1 unspecified atom stereocenters. The minimum atomic E-state index is -3.62. The van der Waals surface area contributed by atoms with Gasteiger partial charge in [-0.3, -0.25) is 4.72 Å². The summed E-state index contributed by atoms with van der Waals surface area (Å²) >= 11 is 0. The predicted octanol–water partition coefficient (Wildman–Crippen LogP) is 0.485. The van der Waals surface area contributed by atoms with Crippen LogP contribution in [0.4, 0.5) is 5.69 Å². The van der Waals surface area contributed by atoms with E-state index >= 15 is 0 Å². The molecule has 20 heavy (non-hydrogen) atoms. The molecule has 0 bridgehead atoms. The fourth-order valence-electron chi connectivity index (χ4n) is 1.91. The molecule has 0 saturated carbocycles. The molecule has 0 fully saturated rings. The van der Waals surface area contributed by atoms with Gasteiger partial charge in [0, 0.05) is 7.11 Å². The quantitative estimate of drug-likeness (QED) is 0.686. The molecule has 1 aliphatic rings. The van der Waals surface area contributed by atoms with Crippen LogP contribution in [-0.2, 0) is 14.9 Å². The van der Waals surface area contributed by atoms with E-state index in [-0.39, 0.29) is 6.61 Å². The normalized spacial score (nSPS) is 19.8. The Morgan fingerprint density at radius 2 is 2.20 bits per heavy atom. The van der Waals surface area contributed by atoms with Gasteiger partial charge in [-0.25, -0.2) is 0 Å². The highest BCUT2D eigenvalue weighted by Gasteiger charge is 2.28. The Morgan fingerprint density at radius 1 is 1.45 bits per heavy atom. The Kier molecular flexibility index (Phi) is 4.29. The van der Waals surface area contributed by atoms with E-state index in [0.717, 1.165) is 5.57 Å². The van der Waals surface area contributed by atoms with Gasteiger partial charge in [-0.15, -0.1) is 0 Å². The number of fused-ring (bicyclic) bond motifs is 1. The molecule has 1 heterocycles. The lowest BCUT2D eigenvalue weighted by atomic mass is 10.1. The van der Waals surface area contributed by atoms with Crippen LogP contribution < -0.4 is 19.9 Å². The zero-order chi connectivity index (χ0) is 14.8. The number of ether oxygens (including phenoxy) is 2. The van der Waals surface area contributed by atoms with Crippen LogP contribution in [-0.4, -0.2) is 28.7 Å². The van der Waals surface area contributed by atoms with Crippen molar-refractivity contribution >= 4 is 15.9 Å². The summed E-state index contributed by atoms with van der Waals surface area (Å²) in [6.07, 6.45) is -0.858. The summed E-state index contributed by atoms with van der Waals surface area (Å²) in [5.41, 5.74) is 7.57. The third-order valence-electron chi connectivity index (χ3n) is 2.68. The molecule has 1 aromatic rings. The molecule has 0 aliphatic carbocycles. The molecule has 0 saturated heterocycles. The summed E-state index contributed by atoms with van der Waals surface area (Å²) in [6, 6.07) is 5.04. The standard InChI is InChI=1S/C12H17N3O4S/c1-8(6-18-2)7-19-10-5-3-4-9-11(10)12(13)15-20(16,17)14-9/h3-5,12,14-15H,1,6-7,13H2,2H3. The number of nitrogens with two attached hydrogens (primary N) is 1. The first kappa shape index (κ1) is 14.8. The van der Waals surface area contributed by atoms with Crippen molar-refractivity contribution in [3.63, 3.8) is 0 Å². The number of nitrogens with one attached hydrogen (secondary N) is 2. The Bertz CT molecular complexity index is 615. The lowest BCUT2D eigenvalue weighted by Gasteiger charge is -2.26. The van der Waals surface area contributed by atoms with Crippen molar-refractivity contribution in [2.45, 2.75) is 6.17 Å². The maximum atomic E-state index is 11.5. The van der Waals surface area contributed by atoms with Crippen molar-refractivity contribution < 1.29 is 17.9 Å². The highest BCUT2D eigenvalue weighted by Crippen LogP contribution is 2.34. The van der Waals surface area contributed by atoms with Gasteiger partial charge in [0.25, 0.3) is 0 Å². The molecule has 2 rings (SSSR count). The molecular weight excluding hydrogens is 282 g/mol. The Hall–Kier alpha value is -1.61. The van der Waals surface area contributed by atoms with Crippen LogP contribution >= 0.6 is 0 Å². The van der Waals surface area contributed by atoms with Crippen LogP contribution in [0.2, 0.25) is 0 Å². The van der Waals surface area contributed by atoms with E-state index in [9.17, 15) is 8.42 Å². The number of hydrogen-bond donors (Lipinski definition) is 3. The molecule has 0 radical (unpaired) electrons. The van der Waals surface area contributed by atoms with E-state index in [1.807, 2.05) is 0 Å². The topological polar surface area (TPSA) is 103 Å². The van der Waals surface area contributed by atoms with Gasteiger partial charge in [0.1, 0.15) is 18.5 Å². The second-order valence-electron chi connectivity index (χ2n) is 4.39. The average Bonchev–Trinajstić information content (AvgIpc) is 2.34. The minimum absolute atomic E-state index is 0.268. The summed E-state index contributed by atoms with van der Waals surface area (Å²) in [5.74, 6) is 0.502. The highest BCUT2D eigenvalue weighted by atomic mass is 32.2. The third-order valence-corrected chi connectivity index (χ3v) is 3.74. The maximum Gasteiger partial charge on any atom is 0.300 e. The minimum Gasteiger partial charge on any atom is -0.489 e. The molecule has 7 nitrogen and oxygen atoms in total. The van der Waals surface area contributed by atoms with E-state index in [1.165, 1.54) is 0 Å². The van der Waals surface area contributed by atoms with Crippen molar-refractivity contribution in [3.05, 3.63) is 35.9 Å². The first-order valence-corrected chi connectivity index (χ1v) is 7.38. The van der Waals surface area contributed by atoms with Crippen molar-refractivity contribution in [2.24, 2.45) is 5.73 Å². The van der Waals surface area contributed by atoms with E-state index in [1.54, 1.807) is 25.3 Å². The van der Waals surface area contributed by atoms with Crippen molar-refractivity contribution in [1.29, 1.82) is 0 Å². The van der Waals surface area contributed by atoms with Crippen LogP contribution in [0.1, 0.15) is 11.7 Å². The van der Waals surface area contributed by atoms with E-state index in [2.05, 4.69) is 16.0 Å². The summed E-state index contributed by atoms with van der Waals surface area (Å²) in [5, 5.41) is 0. The third kappa shape index (κ3) is 3.28. The summed E-state index contributed by atoms with van der Waals surface area (Å²) in [6.45, 7) is 4.47. The molecule has 8 heteroatoms. The number of benzene rings is 1. The number of methoxy groups -OCH3 is 1. The smallest absolute Gasteiger partial charge is 0.300 e. The fraction of sp³-hybridized carbons (Fsp3) is 0.333. The second kappa shape index (κ2) is 5.80. The largest absolute Gasteiger partial charge is 0.489 e. The van der Waals surface area contributed by atoms with E-state index < -0.39 is 16.4 Å². The SMILES string of the molecule is C=C(COC)COc1cccc2c1C(N)NS(=O)(=O)N2. The zero-order valence-electron chi connectivity index (χ0n) is 11.0. The zero-order valence-corrected chi connectivity index (χ0v) is 11.9. The number of anilines is 1. The van der Waals surface area contributed by atoms with Crippen molar-refractivity contribution in [1.82, 2.24) is 4.72 Å². The predicted molar refractivity (Wildman–Crippen MR) is 75.6 cm³/mol. The highest BCUT2D eigenvalue weighted by molar-refractivity contribution is 7.90. The molecule has 1 aromatic carbocycles. The van der Waals surface area contributed by atoms with Crippen LogP contribution in [0.5, 0.6) is 5.75 Å². The van der Waals surface area contributed by atoms with Gasteiger partial charge in [0.05, 0.1) is 17.9 Å². The van der Waals surface area contributed by atoms with Gasteiger partial charge in [-0.05, 0) is 17.7 Å². The molecule has 0 aromatic heterocycles. The van der Waals surface area contributed by atoms with Gasteiger partial charge in [-0.2, -0.15) is 13.1 Å². The fourth-order valence-corrected chi connectivity index (χ4v) is 2.88. The lowest BCUT2D eigenvalue weighted by Crippen LogP contribution is -2.42. The van der Waals surface area contributed by atoms with E-state index in [0.29, 0.717) is 23.6 Å². The monoisotopic (exact) mass is 299 g/mol. The molecule has 1 aliphatic heterocycles. The van der Waals surface area contributed by atoms with Gasteiger partial charge >= 0.3 is 10.2 Å². The van der Waals surface area contributed by atoms with Gasteiger partial charge < -0.3 is 15.2 Å². The lowest BCUT2D eigenvalue weighted by molar-refractivity contribution is 0.211. The number of rotatable bonds is 5. The van der Waals surface area contributed by atoms with Gasteiger partial charge in [-0.1, -0.05) is 12.6 Å². The Balaban J connectivity index is 2.22. The molecule has 110 valence electrons. The Morgan fingerprint density at radius 3 is 2.90 bits per heavy atom. The van der Waals surface area contributed by atoms with E-state index in [4.69, 9.17) is 15.2 Å². The summed E-state index contributed by atoms with van der Waals surface area (Å²) < 4.78 is 38.2. The van der Waals surface area contributed by atoms with Gasteiger partial charge in [0.15, 0.2) is 0 Å². The molecule has 0 spiro atoms. The summed E-state index contributed by atoms with van der Waals surface area (Å²) in [7, 11) is -2.05. The van der Waals surface area contributed by atoms with Crippen LogP contribution in [0.25, 0.3) is 0 Å². The molecule has 1 atom stereocenters. The molecular formula is C12H17N3O4S. The van der Waals surface area contributed by atoms with Crippen LogP contribution in [0.15, 0.2) is 30.4 Å². The first-order chi connectivity index (χ1) is 9.43. The van der Waals surface area contributed by atoms with Crippen LogP contribution in [0.3, 0.4) is 0 Å². The summed E-state index contributed by atoms with van der Waals surface area (Å²) in [4.78, 5) is 0. The van der Waals surface area contributed by atoms with Crippen molar-refractivity contribution in [2.75, 3.05) is 25.0 Å². The second-order valence-corrected chi connectivity index (χ2v) is 5.84. The molecule has 0 amide bonds. The van der Waals surface area contributed by atoms with Crippen LogP contribution in [0, 0.1) is 0 Å². The first-order valence-electron chi connectivity index (χ1n) is 5.90. The number of hydrogen-bond acceptors (Lipinski definition) is 5.